The molecule has 1 N–H and O–H groups in total. The molecule has 5 heteroatoms. The number of aryl methyl sites for hydroxylation is 1. The maximum absolute atomic E-state index is 5.17. The van der Waals surface area contributed by atoms with Crippen LogP contribution in [0.3, 0.4) is 0 Å². The molecule has 0 saturated heterocycles. The van der Waals surface area contributed by atoms with E-state index in [1.165, 1.54) is 21.6 Å². The smallest absolute Gasteiger partial charge is 0.126 e. The molecule has 174 valence electrons. The number of hydrogen-bond donors (Lipinski definition) is 1. The number of nitrogens with zero attached hydrogens (tertiary/aromatic N) is 2. The van der Waals surface area contributed by atoms with Gasteiger partial charge in [-0.05, 0) is 55.0 Å². The van der Waals surface area contributed by atoms with Gasteiger partial charge >= 0.3 is 0 Å². The second-order valence-electron chi connectivity index (χ2n) is 8.36. The number of anilines is 1. The summed E-state index contributed by atoms with van der Waals surface area (Å²) in [4.78, 5) is 12.1. The van der Waals surface area contributed by atoms with Gasteiger partial charge in [-0.15, -0.1) is 23.1 Å². The van der Waals surface area contributed by atoms with Crippen LogP contribution < -0.4 is 5.32 Å². The first-order valence-corrected chi connectivity index (χ1v) is 13.7. The molecular weight excluding hydrogens is 466 g/mol. The van der Waals surface area contributed by atoms with Gasteiger partial charge in [0.25, 0.3) is 0 Å². The largest absolute Gasteiger partial charge is 0.370 e. The molecular formula is C30H27N3S2. The van der Waals surface area contributed by atoms with Crippen molar-refractivity contribution >= 4 is 28.9 Å². The highest BCUT2D eigenvalue weighted by Gasteiger charge is 2.18. The second kappa shape index (κ2) is 10.9. The molecule has 35 heavy (non-hydrogen) atoms. The predicted molar refractivity (Wildman–Crippen MR) is 151 cm³/mol. The summed E-state index contributed by atoms with van der Waals surface area (Å²) in [7, 11) is 0. The molecule has 2 heterocycles. The zero-order valence-corrected chi connectivity index (χ0v) is 21.5. The van der Waals surface area contributed by atoms with Gasteiger partial charge in [-0.1, -0.05) is 72.3 Å². The fraction of sp³-hybridized carbons (Fsp3) is 0.133. The number of benzene rings is 3. The normalized spacial score (nSPS) is 10.9. The Balaban J connectivity index is 1.51. The van der Waals surface area contributed by atoms with Gasteiger partial charge in [0, 0.05) is 28.8 Å². The topological polar surface area (TPSA) is 37.8 Å². The highest BCUT2D eigenvalue weighted by atomic mass is 32.2. The first-order chi connectivity index (χ1) is 17.2. The van der Waals surface area contributed by atoms with Gasteiger partial charge in [0.15, 0.2) is 0 Å². The Hall–Kier alpha value is -3.41. The van der Waals surface area contributed by atoms with Crippen molar-refractivity contribution in [2.45, 2.75) is 18.2 Å². The average molecular weight is 494 g/mol. The zero-order valence-electron chi connectivity index (χ0n) is 19.9. The van der Waals surface area contributed by atoms with E-state index in [1.807, 2.05) is 6.20 Å². The van der Waals surface area contributed by atoms with Crippen LogP contribution in [-0.2, 0) is 6.42 Å². The van der Waals surface area contributed by atoms with E-state index in [2.05, 4.69) is 114 Å². The number of thiazole rings is 1. The molecule has 0 atom stereocenters. The molecule has 0 unspecified atom stereocenters. The number of nitrogens with one attached hydrogen (secondary N) is 1. The maximum atomic E-state index is 5.17. The molecule has 5 aromatic rings. The quantitative estimate of drug-likeness (QED) is 0.221. The van der Waals surface area contributed by atoms with Gasteiger partial charge in [-0.25, -0.2) is 9.97 Å². The molecule has 0 saturated carbocycles. The molecule has 0 radical (unpaired) electrons. The summed E-state index contributed by atoms with van der Waals surface area (Å²) in [5.41, 5.74) is 7.01. The molecule has 0 spiro atoms. The Morgan fingerprint density at radius 2 is 1.69 bits per heavy atom. The van der Waals surface area contributed by atoms with Gasteiger partial charge in [0.1, 0.15) is 10.8 Å². The van der Waals surface area contributed by atoms with Crippen molar-refractivity contribution in [3.05, 3.63) is 108 Å². The highest BCUT2D eigenvalue weighted by molar-refractivity contribution is 7.98. The van der Waals surface area contributed by atoms with Gasteiger partial charge in [0.05, 0.1) is 10.6 Å². The summed E-state index contributed by atoms with van der Waals surface area (Å²) in [5.74, 6) is 0.882. The molecule has 0 aliphatic rings. The van der Waals surface area contributed by atoms with Crippen molar-refractivity contribution in [3.63, 3.8) is 0 Å². The van der Waals surface area contributed by atoms with E-state index in [-0.39, 0.29) is 0 Å². The van der Waals surface area contributed by atoms with Crippen molar-refractivity contribution in [1.29, 1.82) is 0 Å². The van der Waals surface area contributed by atoms with Gasteiger partial charge in [-0.2, -0.15) is 0 Å². The summed E-state index contributed by atoms with van der Waals surface area (Å²) in [5, 5.41) is 4.54. The molecule has 0 bridgehead atoms. The Kier molecular flexibility index (Phi) is 7.26. The van der Waals surface area contributed by atoms with E-state index >= 15 is 0 Å². The molecule has 3 nitrogen and oxygen atoms in total. The monoisotopic (exact) mass is 493 g/mol. The Morgan fingerprint density at radius 1 is 0.857 bits per heavy atom. The summed E-state index contributed by atoms with van der Waals surface area (Å²) in [6.07, 6.45) is 4.96. The summed E-state index contributed by atoms with van der Waals surface area (Å²) < 4.78 is 0. The number of thioether (sulfide) groups is 1. The summed E-state index contributed by atoms with van der Waals surface area (Å²) in [6.45, 7) is 2.96. The number of hydrogen-bond acceptors (Lipinski definition) is 5. The van der Waals surface area contributed by atoms with Crippen molar-refractivity contribution in [2.24, 2.45) is 0 Å². The lowest BCUT2D eigenvalue weighted by Gasteiger charge is -2.08. The Bertz CT molecular complexity index is 1430. The van der Waals surface area contributed by atoms with Crippen LogP contribution >= 0.6 is 23.1 Å². The van der Waals surface area contributed by atoms with Crippen LogP contribution in [0.2, 0.25) is 0 Å². The average Bonchev–Trinajstić information content (AvgIpc) is 3.35. The van der Waals surface area contributed by atoms with E-state index < -0.39 is 0 Å². The van der Waals surface area contributed by atoms with E-state index in [4.69, 9.17) is 4.98 Å². The fourth-order valence-corrected chi connectivity index (χ4v) is 5.88. The molecule has 5 rings (SSSR count). The van der Waals surface area contributed by atoms with Crippen LogP contribution in [0, 0.1) is 6.92 Å². The van der Waals surface area contributed by atoms with Crippen molar-refractivity contribution < 1.29 is 0 Å². The molecule has 2 aromatic heterocycles. The van der Waals surface area contributed by atoms with Crippen molar-refractivity contribution in [2.75, 3.05) is 18.1 Å². The predicted octanol–water partition coefficient (Wildman–Crippen LogP) is 8.22. The molecule has 0 amide bonds. The lowest BCUT2D eigenvalue weighted by atomic mass is 10.1. The minimum Gasteiger partial charge on any atom is -0.370 e. The molecule has 0 aliphatic carbocycles. The van der Waals surface area contributed by atoms with Crippen LogP contribution in [0.4, 0.5) is 5.82 Å². The van der Waals surface area contributed by atoms with E-state index in [0.29, 0.717) is 0 Å². The maximum Gasteiger partial charge on any atom is 0.126 e. The Labute approximate surface area is 215 Å². The van der Waals surface area contributed by atoms with E-state index in [1.54, 1.807) is 23.1 Å². The zero-order chi connectivity index (χ0) is 24.0. The summed E-state index contributed by atoms with van der Waals surface area (Å²) >= 11 is 3.50. The third-order valence-electron chi connectivity index (χ3n) is 5.84. The summed E-state index contributed by atoms with van der Waals surface area (Å²) in [6, 6.07) is 31.8. The fourth-order valence-electron chi connectivity index (χ4n) is 4.09. The van der Waals surface area contributed by atoms with Crippen molar-refractivity contribution in [1.82, 2.24) is 9.97 Å². The lowest BCUT2D eigenvalue weighted by molar-refractivity contribution is 1.01. The van der Waals surface area contributed by atoms with Crippen LogP contribution in [0.15, 0.2) is 102 Å². The van der Waals surface area contributed by atoms with Crippen LogP contribution in [-0.4, -0.2) is 22.8 Å². The third kappa shape index (κ3) is 5.47. The minimum absolute atomic E-state index is 0.834. The van der Waals surface area contributed by atoms with Gasteiger partial charge in [0.2, 0.25) is 0 Å². The standard InChI is InChI=1S/C30H27N3S2/c1-21-9-8-12-23(19-21)28-29(35-30(33-28)25-13-6-7-14-26(25)34-2)24-16-18-32-27(20-24)31-17-15-22-10-4-3-5-11-22/h3-14,16,18-20H,15,17H2,1-2H3,(H,31,32). The van der Waals surface area contributed by atoms with E-state index in [0.717, 1.165) is 45.5 Å². The molecule has 0 fully saturated rings. The molecule has 0 aliphatic heterocycles. The Morgan fingerprint density at radius 3 is 2.51 bits per heavy atom. The number of aromatic nitrogens is 2. The first-order valence-electron chi connectivity index (χ1n) is 11.7. The number of pyridine rings is 1. The van der Waals surface area contributed by atoms with Crippen LogP contribution in [0.5, 0.6) is 0 Å². The van der Waals surface area contributed by atoms with Gasteiger partial charge < -0.3 is 5.32 Å². The molecule has 3 aromatic carbocycles. The van der Waals surface area contributed by atoms with Crippen LogP contribution in [0.25, 0.3) is 32.3 Å². The highest BCUT2D eigenvalue weighted by Crippen LogP contribution is 2.43. The van der Waals surface area contributed by atoms with Gasteiger partial charge in [-0.3, -0.25) is 0 Å². The van der Waals surface area contributed by atoms with Crippen LogP contribution in [0.1, 0.15) is 11.1 Å². The van der Waals surface area contributed by atoms with Crippen molar-refractivity contribution in [3.8, 4) is 32.3 Å². The minimum atomic E-state index is 0.834. The second-order valence-corrected chi connectivity index (χ2v) is 10.2. The van der Waals surface area contributed by atoms with E-state index in [9.17, 15) is 0 Å². The lowest BCUT2D eigenvalue weighted by Crippen LogP contribution is -2.06. The SMILES string of the molecule is CSc1ccccc1-c1nc(-c2cccc(C)c2)c(-c2ccnc(NCCc3ccccc3)c2)s1. The number of rotatable bonds is 8. The third-order valence-corrected chi connectivity index (χ3v) is 7.77. The first kappa shape index (κ1) is 23.3.